The van der Waals surface area contributed by atoms with Crippen LogP contribution in [0.25, 0.3) is 0 Å². The van der Waals surface area contributed by atoms with E-state index in [1.165, 1.54) is 0 Å². The summed E-state index contributed by atoms with van der Waals surface area (Å²) in [6.07, 6.45) is -1.03. The Morgan fingerprint density at radius 3 is 1.57 bits per heavy atom. The van der Waals surface area contributed by atoms with Crippen molar-refractivity contribution in [2.24, 2.45) is 5.73 Å². The Labute approximate surface area is 136 Å². The molecule has 2 rings (SSSR count). The van der Waals surface area contributed by atoms with Gasteiger partial charge in [0.15, 0.2) is 0 Å². The van der Waals surface area contributed by atoms with E-state index in [9.17, 15) is 9.59 Å². The summed E-state index contributed by atoms with van der Waals surface area (Å²) in [4.78, 5) is 21.0. The van der Waals surface area contributed by atoms with Gasteiger partial charge in [-0.3, -0.25) is 10.1 Å². The maximum absolute atomic E-state index is 10.7. The molecule has 2 aromatic carbocycles. The van der Waals surface area contributed by atoms with Gasteiger partial charge in [0.1, 0.15) is 0 Å². The first kappa shape index (κ1) is 18.2. The van der Waals surface area contributed by atoms with E-state index in [0.29, 0.717) is 11.3 Å². The Hall–Kier alpha value is -2.82. The van der Waals surface area contributed by atoms with Crippen molar-refractivity contribution in [3.8, 4) is 0 Å². The first-order valence-electron chi connectivity index (χ1n) is 7.13. The van der Waals surface area contributed by atoms with E-state index in [0.717, 1.165) is 22.3 Å². The van der Waals surface area contributed by atoms with Crippen molar-refractivity contribution in [2.45, 2.75) is 27.7 Å². The van der Waals surface area contributed by atoms with Gasteiger partial charge in [0, 0.05) is 11.3 Å². The fourth-order valence-electron chi connectivity index (χ4n) is 2.29. The average molecular weight is 314 g/mol. The summed E-state index contributed by atoms with van der Waals surface area (Å²) in [5.41, 5.74) is 10.6. The molecule has 0 fully saturated rings. The molecule has 0 saturated carbocycles. The molecule has 2 amide bonds. The van der Waals surface area contributed by atoms with E-state index in [1.54, 1.807) is 24.3 Å². The van der Waals surface area contributed by atoms with Gasteiger partial charge in [-0.25, -0.2) is 4.79 Å². The maximum atomic E-state index is 10.7. The van der Waals surface area contributed by atoms with Crippen LogP contribution in [-0.4, -0.2) is 17.1 Å². The molecule has 5 nitrogen and oxygen atoms in total. The Kier molecular flexibility index (Phi) is 6.33. The molecule has 0 heterocycles. The number of rotatable bonds is 2. The lowest BCUT2D eigenvalue weighted by Crippen LogP contribution is -2.11. The van der Waals surface area contributed by atoms with Crippen LogP contribution in [0.2, 0.25) is 0 Å². The Bertz CT molecular complexity index is 684. The monoisotopic (exact) mass is 314 g/mol. The van der Waals surface area contributed by atoms with E-state index < -0.39 is 6.09 Å². The largest absolute Gasteiger partial charge is 0.465 e. The highest BCUT2D eigenvalue weighted by Gasteiger charge is 2.00. The lowest BCUT2D eigenvalue weighted by atomic mass is 10.1. The van der Waals surface area contributed by atoms with E-state index in [2.05, 4.69) is 5.32 Å². The van der Waals surface area contributed by atoms with E-state index in [-0.39, 0.29) is 5.91 Å². The number of anilines is 1. The molecule has 0 aliphatic rings. The SMILES string of the molecule is Cc1cc(C)cc(C(N)=O)c1.Cc1cc(C)cc(NC(=O)O)c1. The lowest BCUT2D eigenvalue weighted by Gasteiger charge is -2.03. The zero-order valence-corrected chi connectivity index (χ0v) is 13.8. The number of amides is 2. The van der Waals surface area contributed by atoms with Crippen LogP contribution in [0.15, 0.2) is 36.4 Å². The summed E-state index contributed by atoms with van der Waals surface area (Å²) in [5, 5.41) is 10.7. The highest BCUT2D eigenvalue weighted by Crippen LogP contribution is 2.13. The van der Waals surface area contributed by atoms with Gasteiger partial charge >= 0.3 is 6.09 Å². The predicted octanol–water partition coefficient (Wildman–Crippen LogP) is 3.80. The predicted molar refractivity (Wildman–Crippen MR) is 92.0 cm³/mol. The van der Waals surface area contributed by atoms with Gasteiger partial charge in [0.05, 0.1) is 0 Å². The first-order chi connectivity index (χ1) is 10.7. The third-order valence-electron chi connectivity index (χ3n) is 2.98. The van der Waals surface area contributed by atoms with Crippen LogP contribution in [0.3, 0.4) is 0 Å². The number of carbonyl (C=O) groups excluding carboxylic acids is 1. The lowest BCUT2D eigenvalue weighted by molar-refractivity contribution is 0.1000. The van der Waals surface area contributed by atoms with Gasteiger partial charge in [-0.1, -0.05) is 23.3 Å². The van der Waals surface area contributed by atoms with Crippen molar-refractivity contribution in [1.29, 1.82) is 0 Å². The van der Waals surface area contributed by atoms with Crippen LogP contribution < -0.4 is 11.1 Å². The summed E-state index contributed by atoms with van der Waals surface area (Å²) in [6.45, 7) is 7.75. The minimum absolute atomic E-state index is 0.364. The highest BCUT2D eigenvalue weighted by atomic mass is 16.4. The normalized spacial score (nSPS) is 9.57. The molecule has 0 radical (unpaired) electrons. The molecular weight excluding hydrogens is 292 g/mol. The van der Waals surface area contributed by atoms with Crippen LogP contribution in [-0.2, 0) is 0 Å². The zero-order valence-electron chi connectivity index (χ0n) is 13.8. The Morgan fingerprint density at radius 2 is 1.22 bits per heavy atom. The molecule has 0 aliphatic heterocycles. The highest BCUT2D eigenvalue weighted by molar-refractivity contribution is 5.93. The smallest absolute Gasteiger partial charge is 0.409 e. The number of hydrogen-bond donors (Lipinski definition) is 3. The second kappa shape index (κ2) is 7.98. The second-order valence-electron chi connectivity index (χ2n) is 5.55. The molecule has 23 heavy (non-hydrogen) atoms. The summed E-state index contributed by atoms with van der Waals surface area (Å²) in [7, 11) is 0. The first-order valence-corrected chi connectivity index (χ1v) is 7.13. The van der Waals surface area contributed by atoms with Crippen molar-refractivity contribution in [3.63, 3.8) is 0 Å². The molecule has 0 saturated heterocycles. The summed E-state index contributed by atoms with van der Waals surface area (Å²) in [6, 6.07) is 11.2. The third kappa shape index (κ3) is 6.65. The van der Waals surface area contributed by atoms with Gasteiger partial charge in [-0.05, 0) is 63.1 Å². The molecule has 0 atom stereocenters. The second-order valence-corrected chi connectivity index (χ2v) is 5.55. The number of carbonyl (C=O) groups is 2. The summed E-state index contributed by atoms with van der Waals surface area (Å²) >= 11 is 0. The molecule has 0 aliphatic carbocycles. The fraction of sp³-hybridized carbons (Fsp3) is 0.222. The van der Waals surface area contributed by atoms with Crippen LogP contribution >= 0.6 is 0 Å². The molecule has 0 aromatic heterocycles. The molecule has 0 bridgehead atoms. The van der Waals surface area contributed by atoms with E-state index in [4.69, 9.17) is 10.8 Å². The fourth-order valence-corrected chi connectivity index (χ4v) is 2.29. The minimum atomic E-state index is -1.03. The van der Waals surface area contributed by atoms with Gasteiger partial charge in [0.25, 0.3) is 0 Å². The van der Waals surface area contributed by atoms with Crippen molar-refractivity contribution < 1.29 is 14.7 Å². The minimum Gasteiger partial charge on any atom is -0.465 e. The van der Waals surface area contributed by atoms with Crippen LogP contribution in [0, 0.1) is 27.7 Å². The topological polar surface area (TPSA) is 92.4 Å². The third-order valence-corrected chi connectivity index (χ3v) is 2.98. The number of nitrogens with two attached hydrogens (primary N) is 1. The summed E-state index contributed by atoms with van der Waals surface area (Å²) in [5.74, 6) is -0.364. The molecular formula is C18H22N2O3. The van der Waals surface area contributed by atoms with Crippen molar-refractivity contribution >= 4 is 17.7 Å². The molecule has 4 N–H and O–H groups in total. The zero-order chi connectivity index (χ0) is 17.6. The standard InChI is InChI=1S/C9H11NO2.C9H11NO/c1-6-3-7(2)5-8(4-6)10-9(11)12;1-6-3-7(2)5-8(4-6)9(10)11/h3-5,10H,1-2H3,(H,11,12);3-5H,1-2H3,(H2,10,11). The maximum Gasteiger partial charge on any atom is 0.409 e. The molecule has 2 aromatic rings. The van der Waals surface area contributed by atoms with Crippen molar-refractivity contribution in [1.82, 2.24) is 0 Å². The van der Waals surface area contributed by atoms with Gasteiger partial charge < -0.3 is 10.8 Å². The van der Waals surface area contributed by atoms with Crippen LogP contribution in [0.5, 0.6) is 0 Å². The quantitative estimate of drug-likeness (QED) is 0.787. The number of primary amides is 1. The van der Waals surface area contributed by atoms with Crippen molar-refractivity contribution in [2.75, 3.05) is 5.32 Å². The average Bonchev–Trinajstić information content (AvgIpc) is 2.35. The molecule has 0 unspecified atom stereocenters. The van der Waals surface area contributed by atoms with Gasteiger partial charge in [-0.15, -0.1) is 0 Å². The van der Waals surface area contributed by atoms with Gasteiger partial charge in [-0.2, -0.15) is 0 Å². The van der Waals surface area contributed by atoms with E-state index >= 15 is 0 Å². The van der Waals surface area contributed by atoms with Crippen LogP contribution in [0.4, 0.5) is 10.5 Å². The van der Waals surface area contributed by atoms with Crippen LogP contribution in [0.1, 0.15) is 32.6 Å². The summed E-state index contributed by atoms with van der Waals surface area (Å²) < 4.78 is 0. The molecule has 5 heteroatoms. The molecule has 0 spiro atoms. The van der Waals surface area contributed by atoms with Gasteiger partial charge in [0.2, 0.25) is 5.91 Å². The number of aryl methyl sites for hydroxylation is 4. The van der Waals surface area contributed by atoms with E-state index in [1.807, 2.05) is 39.8 Å². The number of benzene rings is 2. The molecule has 122 valence electrons. The Balaban J connectivity index is 0.000000231. The number of nitrogens with one attached hydrogen (secondary N) is 1. The number of hydrogen-bond acceptors (Lipinski definition) is 2. The van der Waals surface area contributed by atoms with Crippen molar-refractivity contribution in [3.05, 3.63) is 64.2 Å². The number of carboxylic acid groups (broad SMARTS) is 1. The Morgan fingerprint density at radius 1 is 0.826 bits per heavy atom.